The van der Waals surface area contributed by atoms with E-state index in [-0.39, 0.29) is 0 Å². The third kappa shape index (κ3) is 3.12. The lowest BCUT2D eigenvalue weighted by Gasteiger charge is -2.21. The summed E-state index contributed by atoms with van der Waals surface area (Å²) in [7, 11) is 0. The maximum atomic E-state index is 7.83. The third-order valence-corrected chi connectivity index (χ3v) is 6.34. The number of aromatic amines is 1. The quantitative estimate of drug-likeness (QED) is 0.548. The maximum absolute atomic E-state index is 7.83. The molecular formula is C18H14Cl2N4OS. The standard InChI is InChI=1S/C18H14Cl2N4OS/c1-21-15-14(12-3-2-11(19)8-13(12)20)17(18-22-9-23-24-18)26-16(15)10-4-6-25-7-5-10/h2-3,8-10H,4-7H2,(H,22,23,24). The van der Waals surface area contributed by atoms with Gasteiger partial charge in [0, 0.05) is 33.7 Å². The first-order valence-electron chi connectivity index (χ1n) is 8.12. The van der Waals surface area contributed by atoms with Crippen LogP contribution in [0.2, 0.25) is 10.0 Å². The minimum absolute atomic E-state index is 0.305. The summed E-state index contributed by atoms with van der Waals surface area (Å²) < 4.78 is 5.48. The summed E-state index contributed by atoms with van der Waals surface area (Å²) in [6.07, 6.45) is 3.35. The molecule has 3 heterocycles. The van der Waals surface area contributed by atoms with Gasteiger partial charge in [0.1, 0.15) is 6.33 Å². The summed E-state index contributed by atoms with van der Waals surface area (Å²) in [6.45, 7) is 9.26. The van der Waals surface area contributed by atoms with Gasteiger partial charge in [-0.15, -0.1) is 21.5 Å². The number of benzene rings is 1. The zero-order valence-electron chi connectivity index (χ0n) is 13.6. The largest absolute Gasteiger partial charge is 0.381 e. The van der Waals surface area contributed by atoms with Gasteiger partial charge in [0.25, 0.3) is 0 Å². The van der Waals surface area contributed by atoms with Crippen molar-refractivity contribution in [3.8, 4) is 21.8 Å². The highest BCUT2D eigenvalue weighted by atomic mass is 35.5. The van der Waals surface area contributed by atoms with E-state index in [2.05, 4.69) is 20.0 Å². The fraction of sp³-hybridized carbons (Fsp3) is 0.278. The van der Waals surface area contributed by atoms with Gasteiger partial charge in [0.05, 0.1) is 11.4 Å². The van der Waals surface area contributed by atoms with Crippen LogP contribution in [-0.2, 0) is 4.74 Å². The fourth-order valence-corrected chi connectivity index (χ4v) is 5.09. The molecule has 0 bridgehead atoms. The van der Waals surface area contributed by atoms with Gasteiger partial charge in [-0.25, -0.2) is 4.85 Å². The van der Waals surface area contributed by atoms with Crippen molar-refractivity contribution in [2.75, 3.05) is 13.2 Å². The molecule has 0 atom stereocenters. The molecule has 0 unspecified atom stereocenters. The lowest BCUT2D eigenvalue weighted by atomic mass is 9.94. The van der Waals surface area contributed by atoms with E-state index in [0.717, 1.165) is 33.7 Å². The predicted octanol–water partition coefficient (Wildman–Crippen LogP) is 5.95. The molecule has 8 heteroatoms. The molecular weight excluding hydrogens is 391 g/mol. The van der Waals surface area contributed by atoms with E-state index in [1.165, 1.54) is 6.33 Å². The van der Waals surface area contributed by atoms with Crippen molar-refractivity contribution in [1.82, 2.24) is 15.2 Å². The van der Waals surface area contributed by atoms with Gasteiger partial charge in [-0.2, -0.15) is 0 Å². The Hall–Kier alpha value is -1.91. The highest BCUT2D eigenvalue weighted by Gasteiger charge is 2.29. The van der Waals surface area contributed by atoms with E-state index < -0.39 is 0 Å². The summed E-state index contributed by atoms with van der Waals surface area (Å²) in [6, 6.07) is 5.34. The number of H-pyrrole nitrogens is 1. The van der Waals surface area contributed by atoms with E-state index in [4.69, 9.17) is 34.5 Å². The average Bonchev–Trinajstić information content (AvgIpc) is 3.30. The Labute approximate surface area is 164 Å². The fourth-order valence-electron chi connectivity index (χ4n) is 3.21. The Kier molecular flexibility index (Phi) is 4.96. The van der Waals surface area contributed by atoms with E-state index in [9.17, 15) is 0 Å². The average molecular weight is 405 g/mol. The molecule has 0 spiro atoms. The molecule has 0 radical (unpaired) electrons. The van der Waals surface area contributed by atoms with Crippen molar-refractivity contribution in [1.29, 1.82) is 0 Å². The molecule has 1 aromatic carbocycles. The minimum atomic E-state index is 0.305. The summed E-state index contributed by atoms with van der Waals surface area (Å²) in [5.74, 6) is 0.943. The van der Waals surface area contributed by atoms with Crippen LogP contribution < -0.4 is 0 Å². The van der Waals surface area contributed by atoms with Crippen LogP contribution >= 0.6 is 34.5 Å². The molecule has 2 aromatic heterocycles. The van der Waals surface area contributed by atoms with Gasteiger partial charge >= 0.3 is 0 Å². The van der Waals surface area contributed by atoms with Crippen LogP contribution in [0.15, 0.2) is 24.5 Å². The first-order chi connectivity index (χ1) is 12.7. The van der Waals surface area contributed by atoms with Crippen LogP contribution in [0.25, 0.3) is 26.7 Å². The second-order valence-corrected chi connectivity index (χ2v) is 7.88. The van der Waals surface area contributed by atoms with Gasteiger partial charge in [-0.3, -0.25) is 0 Å². The number of nitrogens with zero attached hydrogens (tertiary/aromatic N) is 3. The topological polar surface area (TPSA) is 55.2 Å². The van der Waals surface area contributed by atoms with Crippen LogP contribution in [0.1, 0.15) is 23.6 Å². The first kappa shape index (κ1) is 17.5. The van der Waals surface area contributed by atoms with E-state index in [1.54, 1.807) is 23.5 Å². The van der Waals surface area contributed by atoms with Crippen molar-refractivity contribution in [3.63, 3.8) is 0 Å². The molecule has 0 aliphatic carbocycles. The van der Waals surface area contributed by atoms with Crippen molar-refractivity contribution < 1.29 is 4.74 Å². The van der Waals surface area contributed by atoms with Crippen LogP contribution in [0, 0.1) is 6.57 Å². The van der Waals surface area contributed by atoms with E-state index >= 15 is 0 Å². The number of hydrogen-bond acceptors (Lipinski definition) is 4. The maximum Gasteiger partial charge on any atom is 0.209 e. The molecule has 1 aliphatic rings. The first-order valence-corrected chi connectivity index (χ1v) is 9.70. The summed E-state index contributed by atoms with van der Waals surface area (Å²) in [5, 5.41) is 9.13. The predicted molar refractivity (Wildman–Crippen MR) is 104 cm³/mol. The second-order valence-electron chi connectivity index (χ2n) is 5.98. The van der Waals surface area contributed by atoms with Crippen molar-refractivity contribution in [3.05, 3.63) is 50.9 Å². The highest BCUT2D eigenvalue weighted by molar-refractivity contribution is 7.17. The summed E-state index contributed by atoms with van der Waals surface area (Å²) in [4.78, 5) is 8.88. The van der Waals surface area contributed by atoms with E-state index in [0.29, 0.717) is 40.7 Å². The summed E-state index contributed by atoms with van der Waals surface area (Å²) in [5.41, 5.74) is 2.21. The molecule has 5 nitrogen and oxygen atoms in total. The Morgan fingerprint density at radius 2 is 2.08 bits per heavy atom. The van der Waals surface area contributed by atoms with E-state index in [1.807, 2.05) is 6.07 Å². The van der Waals surface area contributed by atoms with Crippen molar-refractivity contribution in [2.24, 2.45) is 0 Å². The number of nitrogens with one attached hydrogen (secondary N) is 1. The Bertz CT molecular complexity index is 972. The number of aromatic nitrogens is 3. The van der Waals surface area contributed by atoms with Crippen LogP contribution in [0.4, 0.5) is 5.69 Å². The van der Waals surface area contributed by atoms with Gasteiger partial charge in [0.2, 0.25) is 5.69 Å². The summed E-state index contributed by atoms with van der Waals surface area (Å²) >= 11 is 14.1. The zero-order valence-corrected chi connectivity index (χ0v) is 16.0. The van der Waals surface area contributed by atoms with Gasteiger partial charge in [-0.05, 0) is 36.5 Å². The number of thiophene rings is 1. The molecule has 4 rings (SSSR count). The molecule has 1 fully saturated rings. The minimum Gasteiger partial charge on any atom is -0.381 e. The number of halogens is 2. The van der Waals surface area contributed by atoms with Crippen LogP contribution in [-0.4, -0.2) is 28.4 Å². The van der Waals surface area contributed by atoms with Crippen molar-refractivity contribution >= 4 is 40.2 Å². The molecule has 1 N–H and O–H groups in total. The monoisotopic (exact) mass is 404 g/mol. The Morgan fingerprint density at radius 1 is 1.27 bits per heavy atom. The molecule has 1 saturated heterocycles. The second kappa shape index (κ2) is 7.37. The number of ether oxygens (including phenoxy) is 1. The van der Waals surface area contributed by atoms with Gasteiger partial charge in [0.15, 0.2) is 5.82 Å². The number of rotatable bonds is 3. The SMILES string of the molecule is [C-]#[N+]c1c(C2CCOCC2)sc(-c2nnc[nH]2)c1-c1ccc(Cl)cc1Cl. The lowest BCUT2D eigenvalue weighted by Crippen LogP contribution is -2.13. The molecule has 26 heavy (non-hydrogen) atoms. The smallest absolute Gasteiger partial charge is 0.209 e. The highest BCUT2D eigenvalue weighted by Crippen LogP contribution is 2.52. The molecule has 1 aliphatic heterocycles. The third-order valence-electron chi connectivity index (χ3n) is 4.45. The zero-order chi connectivity index (χ0) is 18.1. The van der Waals surface area contributed by atoms with Crippen LogP contribution in [0.3, 0.4) is 0 Å². The Morgan fingerprint density at radius 3 is 2.73 bits per heavy atom. The van der Waals surface area contributed by atoms with Gasteiger partial charge in [-0.1, -0.05) is 29.3 Å². The van der Waals surface area contributed by atoms with Crippen molar-refractivity contribution in [2.45, 2.75) is 18.8 Å². The van der Waals surface area contributed by atoms with Crippen LogP contribution in [0.5, 0.6) is 0 Å². The Balaban J connectivity index is 1.95. The van der Waals surface area contributed by atoms with Gasteiger partial charge < -0.3 is 9.72 Å². The molecule has 3 aromatic rings. The molecule has 0 amide bonds. The number of hydrogen-bond donors (Lipinski definition) is 1. The molecule has 0 saturated carbocycles. The molecule has 132 valence electrons. The lowest BCUT2D eigenvalue weighted by molar-refractivity contribution is 0.0861. The normalized spacial score (nSPS) is 15.1.